The van der Waals surface area contributed by atoms with Crippen LogP contribution in [0, 0.1) is 12.7 Å². The third-order valence-corrected chi connectivity index (χ3v) is 5.49. The van der Waals surface area contributed by atoms with Gasteiger partial charge in [0.25, 0.3) is 0 Å². The van der Waals surface area contributed by atoms with Crippen LogP contribution in [-0.2, 0) is 29.1 Å². The maximum Gasteiger partial charge on any atom is 0.242 e. The van der Waals surface area contributed by atoms with E-state index in [1.807, 2.05) is 61.5 Å². The fourth-order valence-electron chi connectivity index (χ4n) is 3.45. The number of carbonyl (C=O) groups excluding carboxylic acids is 2. The SMILES string of the molecule is Cc1ccc(CNC(=O)C(C)N(Cc2ccc(F)cc2)C(=O)CCc2ccccc2)cc1. The Kier molecular flexibility index (Phi) is 8.14. The van der Waals surface area contributed by atoms with Crippen LogP contribution < -0.4 is 5.32 Å². The van der Waals surface area contributed by atoms with Crippen molar-refractivity contribution in [3.8, 4) is 0 Å². The van der Waals surface area contributed by atoms with Crippen LogP contribution in [0.2, 0.25) is 0 Å². The Hall–Kier alpha value is -3.47. The number of hydrogen-bond donors (Lipinski definition) is 1. The molecular weight excluding hydrogens is 403 g/mol. The van der Waals surface area contributed by atoms with Crippen LogP contribution in [0.1, 0.15) is 35.6 Å². The Bertz CT molecular complexity index is 1020. The zero-order valence-corrected chi connectivity index (χ0v) is 18.6. The van der Waals surface area contributed by atoms with Gasteiger partial charge in [0.05, 0.1) is 0 Å². The summed E-state index contributed by atoms with van der Waals surface area (Å²) in [6.07, 6.45) is 0.887. The number of nitrogens with one attached hydrogen (secondary N) is 1. The van der Waals surface area contributed by atoms with Crippen LogP contribution in [-0.4, -0.2) is 22.8 Å². The summed E-state index contributed by atoms with van der Waals surface area (Å²) in [4.78, 5) is 27.6. The highest BCUT2D eigenvalue weighted by atomic mass is 19.1. The van der Waals surface area contributed by atoms with Crippen LogP contribution in [0.4, 0.5) is 4.39 Å². The summed E-state index contributed by atoms with van der Waals surface area (Å²) < 4.78 is 13.3. The Morgan fingerprint density at radius 1 is 0.875 bits per heavy atom. The highest BCUT2D eigenvalue weighted by molar-refractivity contribution is 5.87. The summed E-state index contributed by atoms with van der Waals surface area (Å²) in [7, 11) is 0. The van der Waals surface area contributed by atoms with Gasteiger partial charge in [0.1, 0.15) is 11.9 Å². The maximum absolute atomic E-state index is 13.3. The molecule has 1 atom stereocenters. The zero-order chi connectivity index (χ0) is 22.9. The first-order chi connectivity index (χ1) is 15.4. The van der Waals surface area contributed by atoms with Crippen LogP contribution in [0.15, 0.2) is 78.9 Å². The number of hydrogen-bond acceptors (Lipinski definition) is 2. The second kappa shape index (κ2) is 11.2. The first-order valence-corrected chi connectivity index (χ1v) is 10.8. The molecule has 5 heteroatoms. The van der Waals surface area contributed by atoms with E-state index in [4.69, 9.17) is 0 Å². The predicted octanol–water partition coefficient (Wildman–Crippen LogP) is 4.80. The molecule has 0 radical (unpaired) electrons. The lowest BCUT2D eigenvalue weighted by atomic mass is 10.1. The monoisotopic (exact) mass is 432 g/mol. The molecule has 1 unspecified atom stereocenters. The van der Waals surface area contributed by atoms with E-state index in [0.717, 1.165) is 22.3 Å². The Balaban J connectivity index is 1.68. The molecule has 32 heavy (non-hydrogen) atoms. The van der Waals surface area contributed by atoms with Gasteiger partial charge in [-0.25, -0.2) is 4.39 Å². The number of amides is 2. The van der Waals surface area contributed by atoms with E-state index in [0.29, 0.717) is 19.4 Å². The van der Waals surface area contributed by atoms with Crippen molar-refractivity contribution in [2.75, 3.05) is 0 Å². The third kappa shape index (κ3) is 6.77. The molecule has 2 amide bonds. The topological polar surface area (TPSA) is 49.4 Å². The third-order valence-electron chi connectivity index (χ3n) is 5.49. The summed E-state index contributed by atoms with van der Waals surface area (Å²) in [6.45, 7) is 4.38. The van der Waals surface area contributed by atoms with E-state index in [9.17, 15) is 14.0 Å². The van der Waals surface area contributed by atoms with Crippen molar-refractivity contribution in [2.45, 2.75) is 45.8 Å². The molecule has 0 aliphatic heterocycles. The van der Waals surface area contributed by atoms with Gasteiger partial charge >= 0.3 is 0 Å². The molecule has 3 aromatic rings. The molecular formula is C27H29FN2O2. The summed E-state index contributed by atoms with van der Waals surface area (Å²) in [6, 6.07) is 23.1. The molecule has 0 saturated carbocycles. The maximum atomic E-state index is 13.3. The Morgan fingerprint density at radius 2 is 1.50 bits per heavy atom. The van der Waals surface area contributed by atoms with Crippen LogP contribution in [0.3, 0.4) is 0 Å². The van der Waals surface area contributed by atoms with Crippen molar-refractivity contribution in [3.63, 3.8) is 0 Å². The molecule has 0 bridgehead atoms. The molecule has 0 aliphatic rings. The summed E-state index contributed by atoms with van der Waals surface area (Å²) in [5, 5.41) is 2.93. The van der Waals surface area contributed by atoms with Crippen molar-refractivity contribution in [1.82, 2.24) is 10.2 Å². The fourth-order valence-corrected chi connectivity index (χ4v) is 3.45. The number of aryl methyl sites for hydroxylation is 2. The van der Waals surface area contributed by atoms with Gasteiger partial charge in [-0.15, -0.1) is 0 Å². The normalized spacial score (nSPS) is 11.6. The second-order valence-electron chi connectivity index (χ2n) is 8.01. The van der Waals surface area contributed by atoms with Crippen molar-refractivity contribution >= 4 is 11.8 Å². The van der Waals surface area contributed by atoms with Crippen molar-refractivity contribution in [2.24, 2.45) is 0 Å². The van der Waals surface area contributed by atoms with Gasteiger partial charge in [-0.3, -0.25) is 9.59 Å². The summed E-state index contributed by atoms with van der Waals surface area (Å²) >= 11 is 0. The number of rotatable bonds is 9. The van der Waals surface area contributed by atoms with E-state index < -0.39 is 6.04 Å². The quantitative estimate of drug-likeness (QED) is 0.528. The zero-order valence-electron chi connectivity index (χ0n) is 18.6. The van der Waals surface area contributed by atoms with E-state index in [1.165, 1.54) is 12.1 Å². The Labute approximate surface area is 189 Å². The highest BCUT2D eigenvalue weighted by Crippen LogP contribution is 2.14. The van der Waals surface area contributed by atoms with Gasteiger partial charge in [-0.1, -0.05) is 72.3 Å². The van der Waals surface area contributed by atoms with Gasteiger partial charge in [0.15, 0.2) is 0 Å². The molecule has 166 valence electrons. The predicted molar refractivity (Wildman–Crippen MR) is 124 cm³/mol. The van der Waals surface area contributed by atoms with E-state index in [-0.39, 0.29) is 24.2 Å². The molecule has 0 saturated heterocycles. The number of halogens is 1. The minimum atomic E-state index is -0.659. The lowest BCUT2D eigenvalue weighted by Gasteiger charge is -2.29. The molecule has 0 aliphatic carbocycles. The molecule has 1 N–H and O–H groups in total. The van der Waals surface area contributed by atoms with Crippen LogP contribution in [0.5, 0.6) is 0 Å². The number of carbonyl (C=O) groups is 2. The van der Waals surface area contributed by atoms with Crippen LogP contribution in [0.25, 0.3) is 0 Å². The average Bonchev–Trinajstić information content (AvgIpc) is 2.82. The average molecular weight is 433 g/mol. The summed E-state index contributed by atoms with van der Waals surface area (Å²) in [5.41, 5.74) is 4.00. The standard InChI is InChI=1S/C27H29FN2O2/c1-20-8-10-23(11-9-20)18-29-27(32)21(2)30(19-24-12-15-25(28)16-13-24)26(31)17-14-22-6-4-3-5-7-22/h3-13,15-16,21H,14,17-19H2,1-2H3,(H,29,32). The van der Waals surface area contributed by atoms with Crippen molar-refractivity contribution in [3.05, 3.63) is 107 Å². The summed E-state index contributed by atoms with van der Waals surface area (Å²) in [5.74, 6) is -0.670. The Morgan fingerprint density at radius 3 is 2.16 bits per heavy atom. The molecule has 0 aromatic heterocycles. The van der Waals surface area contributed by atoms with Gasteiger partial charge in [0, 0.05) is 19.5 Å². The molecule has 0 fully saturated rings. The van der Waals surface area contributed by atoms with Crippen molar-refractivity contribution < 1.29 is 14.0 Å². The first kappa shape index (κ1) is 23.2. The number of benzene rings is 3. The van der Waals surface area contributed by atoms with E-state index >= 15 is 0 Å². The lowest BCUT2D eigenvalue weighted by Crippen LogP contribution is -2.47. The van der Waals surface area contributed by atoms with Crippen molar-refractivity contribution in [1.29, 1.82) is 0 Å². The van der Waals surface area contributed by atoms with E-state index in [2.05, 4.69) is 5.32 Å². The largest absolute Gasteiger partial charge is 0.350 e. The minimum absolute atomic E-state index is 0.115. The van der Waals surface area contributed by atoms with Gasteiger partial charge < -0.3 is 10.2 Å². The van der Waals surface area contributed by atoms with Gasteiger partial charge in [-0.05, 0) is 49.1 Å². The fraction of sp³-hybridized carbons (Fsp3) is 0.259. The van der Waals surface area contributed by atoms with Gasteiger partial charge in [-0.2, -0.15) is 0 Å². The molecule has 0 spiro atoms. The second-order valence-corrected chi connectivity index (χ2v) is 8.01. The smallest absolute Gasteiger partial charge is 0.242 e. The minimum Gasteiger partial charge on any atom is -0.350 e. The van der Waals surface area contributed by atoms with E-state index in [1.54, 1.807) is 24.0 Å². The molecule has 0 heterocycles. The molecule has 4 nitrogen and oxygen atoms in total. The lowest BCUT2D eigenvalue weighted by molar-refractivity contribution is -0.140. The molecule has 3 rings (SSSR count). The number of nitrogens with zero attached hydrogens (tertiary/aromatic N) is 1. The first-order valence-electron chi connectivity index (χ1n) is 10.8. The molecule has 3 aromatic carbocycles. The van der Waals surface area contributed by atoms with Gasteiger partial charge in [0.2, 0.25) is 11.8 Å². The highest BCUT2D eigenvalue weighted by Gasteiger charge is 2.25. The van der Waals surface area contributed by atoms with Crippen LogP contribution >= 0.6 is 0 Å².